The maximum absolute atomic E-state index is 12.8. The van der Waals surface area contributed by atoms with Gasteiger partial charge in [-0.05, 0) is 62.1 Å². The number of nitrogens with zero attached hydrogens (tertiary/aromatic N) is 1. The molecule has 2 aliphatic heterocycles. The fraction of sp³-hybridized carbons (Fsp3) is 0.409. The normalized spacial score (nSPS) is 19.7. The van der Waals surface area contributed by atoms with Crippen LogP contribution in [0.3, 0.4) is 0 Å². The van der Waals surface area contributed by atoms with Crippen molar-refractivity contribution in [3.8, 4) is 5.75 Å². The molecular weight excluding hydrogens is 404 g/mol. The predicted octanol–water partition coefficient (Wildman–Crippen LogP) is 3.28. The number of anilines is 1. The highest BCUT2D eigenvalue weighted by atomic mass is 32.2. The smallest absolute Gasteiger partial charge is 0.259 e. The summed E-state index contributed by atoms with van der Waals surface area (Å²) in [6, 6.07) is 13.3. The Morgan fingerprint density at radius 2 is 1.80 bits per heavy atom. The van der Waals surface area contributed by atoms with Gasteiger partial charge in [0.2, 0.25) is 10.0 Å². The van der Waals surface area contributed by atoms with Crippen LogP contribution in [-0.4, -0.2) is 51.0 Å². The molecule has 0 radical (unpaired) electrons. The first-order valence-electron chi connectivity index (χ1n) is 10.3. The zero-order chi connectivity index (χ0) is 21.0. The van der Waals surface area contributed by atoms with Crippen LogP contribution in [0.1, 0.15) is 36.0 Å². The summed E-state index contributed by atoms with van der Waals surface area (Å²) in [6.07, 6.45) is 3.83. The molecule has 1 unspecified atom stereocenters. The third-order valence-corrected chi connectivity index (χ3v) is 7.31. The number of hydrogen-bond acceptors (Lipinski definition) is 5. The lowest BCUT2D eigenvalue weighted by atomic mass is 10.1. The fourth-order valence-electron chi connectivity index (χ4n) is 3.72. The van der Waals surface area contributed by atoms with E-state index in [1.54, 1.807) is 30.3 Å². The number of carbonyl (C=O) groups excluding carboxylic acids is 1. The van der Waals surface area contributed by atoms with Crippen molar-refractivity contribution in [1.29, 1.82) is 0 Å². The number of amides is 1. The van der Waals surface area contributed by atoms with Crippen molar-refractivity contribution in [2.45, 2.75) is 36.7 Å². The number of para-hydroxylation sites is 1. The summed E-state index contributed by atoms with van der Waals surface area (Å²) in [5.41, 5.74) is 0.943. The van der Waals surface area contributed by atoms with Gasteiger partial charge in [0.1, 0.15) is 12.4 Å². The van der Waals surface area contributed by atoms with E-state index in [1.807, 2.05) is 6.07 Å². The molecule has 1 N–H and O–H groups in total. The maximum atomic E-state index is 12.8. The van der Waals surface area contributed by atoms with Crippen molar-refractivity contribution < 1.29 is 22.7 Å². The quantitative estimate of drug-likeness (QED) is 0.729. The van der Waals surface area contributed by atoms with Crippen molar-refractivity contribution in [2.75, 3.05) is 31.6 Å². The summed E-state index contributed by atoms with van der Waals surface area (Å²) in [6.45, 7) is 2.28. The average molecular weight is 431 g/mol. The molecule has 0 bridgehead atoms. The molecule has 2 aliphatic rings. The van der Waals surface area contributed by atoms with Gasteiger partial charge >= 0.3 is 0 Å². The first-order valence-corrected chi connectivity index (χ1v) is 11.7. The van der Waals surface area contributed by atoms with Crippen molar-refractivity contribution in [1.82, 2.24) is 4.31 Å². The summed E-state index contributed by atoms with van der Waals surface area (Å²) in [7, 11) is -3.47. The van der Waals surface area contributed by atoms with Crippen LogP contribution in [0.25, 0.3) is 0 Å². The van der Waals surface area contributed by atoms with E-state index in [-0.39, 0.29) is 16.9 Å². The van der Waals surface area contributed by atoms with Gasteiger partial charge in [0.05, 0.1) is 16.6 Å². The summed E-state index contributed by atoms with van der Waals surface area (Å²) >= 11 is 0. The molecule has 2 heterocycles. The zero-order valence-corrected chi connectivity index (χ0v) is 17.6. The Bertz CT molecular complexity index is 979. The Balaban J connectivity index is 1.42. The minimum atomic E-state index is -3.47. The number of carbonyl (C=O) groups is 1. The fourth-order valence-corrected chi connectivity index (χ4v) is 5.24. The number of rotatable bonds is 7. The maximum Gasteiger partial charge on any atom is 0.259 e. The number of nitrogens with one attached hydrogen (secondary N) is 1. The number of hydrogen-bond donors (Lipinski definition) is 1. The molecular formula is C22H26N2O5S. The van der Waals surface area contributed by atoms with Gasteiger partial charge in [-0.2, -0.15) is 4.31 Å². The lowest BCUT2D eigenvalue weighted by molar-refractivity contribution is 0.0673. The summed E-state index contributed by atoms with van der Waals surface area (Å²) < 4.78 is 38.2. The first-order chi connectivity index (χ1) is 14.5. The van der Waals surface area contributed by atoms with Gasteiger partial charge in [-0.3, -0.25) is 4.79 Å². The van der Waals surface area contributed by atoms with Gasteiger partial charge in [-0.1, -0.05) is 12.1 Å². The van der Waals surface area contributed by atoms with Crippen molar-refractivity contribution in [3.05, 3.63) is 54.1 Å². The lowest BCUT2D eigenvalue weighted by Gasteiger charge is -2.16. The molecule has 0 aliphatic carbocycles. The van der Waals surface area contributed by atoms with E-state index in [2.05, 4.69) is 5.32 Å². The molecule has 0 spiro atoms. The van der Waals surface area contributed by atoms with Crippen LogP contribution < -0.4 is 10.1 Å². The van der Waals surface area contributed by atoms with E-state index in [0.717, 1.165) is 32.3 Å². The molecule has 2 saturated heterocycles. The molecule has 1 atom stereocenters. The SMILES string of the molecule is O=C(Nc1ccc(S(=O)(=O)N2CCCC2)cc1)c1ccccc1OCC1CCCO1. The average Bonchev–Trinajstić information content (AvgIpc) is 3.47. The molecule has 2 aromatic rings. The molecule has 7 nitrogen and oxygen atoms in total. The topological polar surface area (TPSA) is 84.9 Å². The highest BCUT2D eigenvalue weighted by molar-refractivity contribution is 7.89. The highest BCUT2D eigenvalue weighted by Crippen LogP contribution is 2.24. The molecule has 30 heavy (non-hydrogen) atoms. The van der Waals surface area contributed by atoms with Crippen LogP contribution >= 0.6 is 0 Å². The third-order valence-electron chi connectivity index (χ3n) is 5.40. The van der Waals surface area contributed by atoms with Crippen LogP contribution in [0.4, 0.5) is 5.69 Å². The van der Waals surface area contributed by atoms with Gasteiger partial charge in [0, 0.05) is 25.4 Å². The second-order valence-electron chi connectivity index (χ2n) is 7.53. The zero-order valence-electron chi connectivity index (χ0n) is 16.7. The Hall–Kier alpha value is -2.42. The van der Waals surface area contributed by atoms with E-state index in [9.17, 15) is 13.2 Å². The van der Waals surface area contributed by atoms with Gasteiger partial charge in [-0.25, -0.2) is 8.42 Å². The van der Waals surface area contributed by atoms with Crippen LogP contribution in [0.5, 0.6) is 5.75 Å². The monoisotopic (exact) mass is 430 g/mol. The molecule has 2 fully saturated rings. The highest BCUT2D eigenvalue weighted by Gasteiger charge is 2.27. The van der Waals surface area contributed by atoms with Gasteiger partial charge in [0.25, 0.3) is 5.91 Å². The van der Waals surface area contributed by atoms with Crippen LogP contribution in [0, 0.1) is 0 Å². The second kappa shape index (κ2) is 9.16. The van der Waals surface area contributed by atoms with Crippen LogP contribution in [-0.2, 0) is 14.8 Å². The predicted molar refractivity (Wildman–Crippen MR) is 113 cm³/mol. The lowest BCUT2D eigenvalue weighted by Crippen LogP contribution is -2.27. The van der Waals surface area contributed by atoms with E-state index in [4.69, 9.17) is 9.47 Å². The standard InChI is InChI=1S/C22H26N2O5S/c25-22(20-7-1-2-8-21(20)29-16-18-6-5-15-28-18)23-17-9-11-19(12-10-17)30(26,27)24-13-3-4-14-24/h1-2,7-12,18H,3-6,13-16H2,(H,23,25). The molecule has 8 heteroatoms. The minimum Gasteiger partial charge on any atom is -0.490 e. The Morgan fingerprint density at radius 1 is 1.07 bits per heavy atom. The van der Waals surface area contributed by atoms with E-state index in [0.29, 0.717) is 36.7 Å². The first kappa shape index (κ1) is 20.8. The molecule has 4 rings (SSSR count). The van der Waals surface area contributed by atoms with E-state index >= 15 is 0 Å². The van der Waals surface area contributed by atoms with E-state index in [1.165, 1.54) is 16.4 Å². The Kier molecular flexibility index (Phi) is 6.36. The number of benzene rings is 2. The van der Waals surface area contributed by atoms with Crippen molar-refractivity contribution in [2.24, 2.45) is 0 Å². The van der Waals surface area contributed by atoms with Gasteiger partial charge in [-0.15, -0.1) is 0 Å². The number of ether oxygens (including phenoxy) is 2. The molecule has 1 amide bonds. The van der Waals surface area contributed by atoms with E-state index < -0.39 is 10.0 Å². The largest absolute Gasteiger partial charge is 0.490 e. The van der Waals surface area contributed by atoms with Gasteiger partial charge in [0.15, 0.2) is 0 Å². The number of sulfonamides is 1. The molecule has 0 saturated carbocycles. The molecule has 160 valence electrons. The van der Waals surface area contributed by atoms with Crippen LogP contribution in [0.2, 0.25) is 0 Å². The summed E-state index contributed by atoms with van der Waals surface area (Å²) in [4.78, 5) is 13.0. The third kappa shape index (κ3) is 4.66. The summed E-state index contributed by atoms with van der Waals surface area (Å²) in [5.74, 6) is 0.187. The minimum absolute atomic E-state index is 0.0613. The van der Waals surface area contributed by atoms with Crippen molar-refractivity contribution >= 4 is 21.6 Å². The summed E-state index contributed by atoms with van der Waals surface area (Å²) in [5, 5.41) is 2.82. The van der Waals surface area contributed by atoms with Crippen LogP contribution in [0.15, 0.2) is 53.4 Å². The Morgan fingerprint density at radius 3 is 2.50 bits per heavy atom. The van der Waals surface area contributed by atoms with Crippen molar-refractivity contribution in [3.63, 3.8) is 0 Å². The molecule has 0 aromatic heterocycles. The Labute approximate surface area is 177 Å². The second-order valence-corrected chi connectivity index (χ2v) is 9.47. The molecule has 2 aromatic carbocycles. The van der Waals surface area contributed by atoms with Gasteiger partial charge < -0.3 is 14.8 Å².